The van der Waals surface area contributed by atoms with Crippen molar-refractivity contribution in [2.75, 3.05) is 36.0 Å². The molecule has 0 aromatic heterocycles. The van der Waals surface area contributed by atoms with Gasteiger partial charge in [-0.3, -0.25) is 14.8 Å². The van der Waals surface area contributed by atoms with Crippen LogP contribution in [-0.4, -0.2) is 43.2 Å². The number of nitrogens with zero attached hydrogens (tertiary/aromatic N) is 4. The molecule has 0 spiro atoms. The molecule has 3 heterocycles. The Kier molecular flexibility index (Phi) is 5.59. The summed E-state index contributed by atoms with van der Waals surface area (Å²) < 4.78 is 0. The number of likely N-dealkylation sites (tertiary alicyclic amines) is 1. The van der Waals surface area contributed by atoms with Crippen LogP contribution in [0.5, 0.6) is 0 Å². The van der Waals surface area contributed by atoms with Gasteiger partial charge in [-0.25, -0.2) is 0 Å². The van der Waals surface area contributed by atoms with Crippen LogP contribution in [0.25, 0.3) is 0 Å². The Morgan fingerprint density at radius 2 is 1.64 bits per heavy atom. The number of halogens is 2. The van der Waals surface area contributed by atoms with Crippen molar-refractivity contribution in [2.45, 2.75) is 32.4 Å². The molecule has 122 valence electrons. The number of guanidine groups is 1. The molecule has 1 aromatic carbocycles. The lowest BCUT2D eigenvalue weighted by atomic mass is 10.1. The lowest BCUT2D eigenvalue weighted by Gasteiger charge is -2.38. The van der Waals surface area contributed by atoms with Gasteiger partial charge in [0.2, 0.25) is 5.96 Å². The Hall–Kier alpha value is -0.970. The average Bonchev–Trinajstić information content (AvgIpc) is 3.08. The van der Waals surface area contributed by atoms with Crippen LogP contribution in [0, 0.1) is 0 Å². The van der Waals surface area contributed by atoms with E-state index < -0.39 is 0 Å². The minimum atomic E-state index is 0. The summed E-state index contributed by atoms with van der Waals surface area (Å²) in [6.07, 6.45) is 4.44. The molecule has 1 atom stereocenters. The standard InChI is InChI=1S/C16H22N4.2ClH/c1-13(18-10-5-2-6-11-18)20-15-8-4-3-7-14(15)19-12-9-17-16(19)20;;/h3-4,7-8,13H,2,5-6,9-12H2,1H3;2*1H. The van der Waals surface area contributed by atoms with Crippen LogP contribution in [0.3, 0.4) is 0 Å². The summed E-state index contributed by atoms with van der Waals surface area (Å²) >= 11 is 0. The van der Waals surface area contributed by atoms with Crippen LogP contribution in [0.1, 0.15) is 26.2 Å². The number of hydrogen-bond donors (Lipinski definition) is 0. The smallest absolute Gasteiger partial charge is 0.207 e. The summed E-state index contributed by atoms with van der Waals surface area (Å²) in [7, 11) is 0. The van der Waals surface area contributed by atoms with E-state index in [1.54, 1.807) is 0 Å². The highest BCUT2D eigenvalue weighted by molar-refractivity contribution is 6.17. The van der Waals surface area contributed by atoms with E-state index in [1.165, 1.54) is 43.7 Å². The summed E-state index contributed by atoms with van der Waals surface area (Å²) in [5.41, 5.74) is 2.65. The van der Waals surface area contributed by atoms with Gasteiger partial charge in [-0.15, -0.1) is 24.8 Å². The Morgan fingerprint density at radius 3 is 2.36 bits per heavy atom. The van der Waals surface area contributed by atoms with Crippen LogP contribution in [0.15, 0.2) is 29.3 Å². The van der Waals surface area contributed by atoms with Crippen LogP contribution in [0.4, 0.5) is 11.4 Å². The molecule has 3 aliphatic heterocycles. The van der Waals surface area contributed by atoms with Crippen molar-refractivity contribution in [1.82, 2.24) is 4.90 Å². The largest absolute Gasteiger partial charge is 0.308 e. The molecule has 1 aromatic rings. The second-order valence-corrected chi connectivity index (χ2v) is 5.92. The quantitative estimate of drug-likeness (QED) is 0.822. The zero-order valence-corrected chi connectivity index (χ0v) is 14.6. The maximum Gasteiger partial charge on any atom is 0.207 e. The second-order valence-electron chi connectivity index (χ2n) is 5.92. The molecule has 0 aliphatic carbocycles. The SMILES string of the molecule is CC(N1CCCCC1)N1C2=NCCN2c2ccccc21.Cl.Cl. The molecule has 0 amide bonds. The van der Waals surface area contributed by atoms with Gasteiger partial charge in [0.1, 0.15) is 0 Å². The highest BCUT2D eigenvalue weighted by Gasteiger charge is 2.39. The molecule has 1 saturated heterocycles. The van der Waals surface area contributed by atoms with Crippen LogP contribution in [0.2, 0.25) is 0 Å². The molecule has 0 N–H and O–H groups in total. The third kappa shape index (κ3) is 2.68. The zero-order valence-electron chi connectivity index (χ0n) is 12.9. The zero-order chi connectivity index (χ0) is 13.5. The highest BCUT2D eigenvalue weighted by atomic mass is 35.5. The first kappa shape index (κ1) is 17.4. The molecule has 1 unspecified atom stereocenters. The fraction of sp³-hybridized carbons (Fsp3) is 0.562. The van der Waals surface area contributed by atoms with E-state index in [0.717, 1.165) is 19.0 Å². The predicted octanol–water partition coefficient (Wildman–Crippen LogP) is 3.36. The third-order valence-electron chi connectivity index (χ3n) is 4.76. The van der Waals surface area contributed by atoms with Gasteiger partial charge in [0.15, 0.2) is 0 Å². The van der Waals surface area contributed by atoms with Gasteiger partial charge in [-0.1, -0.05) is 18.6 Å². The Morgan fingerprint density at radius 1 is 0.955 bits per heavy atom. The molecule has 4 nitrogen and oxygen atoms in total. The Balaban J connectivity index is 0.000000882. The molecule has 6 heteroatoms. The second kappa shape index (κ2) is 7.07. The van der Waals surface area contributed by atoms with Gasteiger partial charge in [-0.2, -0.15) is 0 Å². The van der Waals surface area contributed by atoms with Crippen molar-refractivity contribution in [3.05, 3.63) is 24.3 Å². The molecule has 0 saturated carbocycles. The van der Waals surface area contributed by atoms with Gasteiger partial charge in [0.05, 0.1) is 24.1 Å². The van der Waals surface area contributed by atoms with Gasteiger partial charge < -0.3 is 4.90 Å². The summed E-state index contributed by atoms with van der Waals surface area (Å²) in [6.45, 7) is 6.70. The Labute approximate surface area is 145 Å². The van der Waals surface area contributed by atoms with Crippen molar-refractivity contribution in [2.24, 2.45) is 4.99 Å². The number of rotatable bonds is 2. The lowest BCUT2D eigenvalue weighted by molar-refractivity contribution is 0.179. The van der Waals surface area contributed by atoms with E-state index in [-0.39, 0.29) is 24.8 Å². The van der Waals surface area contributed by atoms with E-state index in [0.29, 0.717) is 6.17 Å². The number of benzene rings is 1. The summed E-state index contributed by atoms with van der Waals surface area (Å²) in [4.78, 5) is 12.2. The van der Waals surface area contributed by atoms with Crippen molar-refractivity contribution in [1.29, 1.82) is 0 Å². The molecular weight excluding hydrogens is 319 g/mol. The van der Waals surface area contributed by atoms with E-state index in [9.17, 15) is 0 Å². The fourth-order valence-electron chi connectivity index (χ4n) is 3.70. The summed E-state index contributed by atoms with van der Waals surface area (Å²) in [6, 6.07) is 8.72. The van der Waals surface area contributed by atoms with E-state index in [1.807, 2.05) is 0 Å². The molecule has 0 bridgehead atoms. The predicted molar refractivity (Wildman–Crippen MR) is 98.0 cm³/mol. The summed E-state index contributed by atoms with van der Waals surface area (Å²) in [5.74, 6) is 1.16. The summed E-state index contributed by atoms with van der Waals surface area (Å²) in [5, 5.41) is 0. The average molecular weight is 343 g/mol. The highest BCUT2D eigenvalue weighted by Crippen LogP contribution is 2.40. The minimum absolute atomic E-state index is 0. The minimum Gasteiger partial charge on any atom is -0.308 e. The van der Waals surface area contributed by atoms with Crippen molar-refractivity contribution < 1.29 is 0 Å². The molecule has 1 fully saturated rings. The first-order valence-corrected chi connectivity index (χ1v) is 7.80. The monoisotopic (exact) mass is 342 g/mol. The molecule has 3 aliphatic rings. The number of fused-ring (bicyclic) bond motifs is 3. The maximum absolute atomic E-state index is 4.75. The third-order valence-corrected chi connectivity index (χ3v) is 4.76. The van der Waals surface area contributed by atoms with Gasteiger partial charge >= 0.3 is 0 Å². The van der Waals surface area contributed by atoms with E-state index in [2.05, 4.69) is 45.9 Å². The first-order valence-electron chi connectivity index (χ1n) is 7.80. The lowest BCUT2D eigenvalue weighted by Crippen LogP contribution is -2.51. The molecule has 0 radical (unpaired) electrons. The van der Waals surface area contributed by atoms with Crippen molar-refractivity contribution >= 4 is 42.1 Å². The van der Waals surface area contributed by atoms with Crippen molar-refractivity contribution in [3.8, 4) is 0 Å². The van der Waals surface area contributed by atoms with Gasteiger partial charge in [-0.05, 0) is 31.9 Å². The molecular formula is C16H24Cl2N4. The normalized spacial score (nSPS) is 21.4. The number of piperidine rings is 1. The van der Waals surface area contributed by atoms with Crippen molar-refractivity contribution in [3.63, 3.8) is 0 Å². The van der Waals surface area contributed by atoms with Gasteiger partial charge in [0, 0.05) is 19.6 Å². The number of anilines is 2. The van der Waals surface area contributed by atoms with Crippen LogP contribution < -0.4 is 9.80 Å². The van der Waals surface area contributed by atoms with E-state index in [4.69, 9.17) is 4.99 Å². The fourth-order valence-corrected chi connectivity index (χ4v) is 3.70. The Bertz CT molecular complexity index is 543. The topological polar surface area (TPSA) is 22.1 Å². The van der Waals surface area contributed by atoms with Gasteiger partial charge in [0.25, 0.3) is 0 Å². The van der Waals surface area contributed by atoms with Crippen LogP contribution in [-0.2, 0) is 0 Å². The number of hydrogen-bond acceptors (Lipinski definition) is 4. The van der Waals surface area contributed by atoms with E-state index >= 15 is 0 Å². The number of para-hydroxylation sites is 2. The maximum atomic E-state index is 4.75. The number of aliphatic imine (C=N–C) groups is 1. The van der Waals surface area contributed by atoms with Crippen LogP contribution >= 0.6 is 24.8 Å². The first-order chi connectivity index (χ1) is 9.86. The molecule has 4 rings (SSSR count). The molecule has 22 heavy (non-hydrogen) atoms.